The monoisotopic (exact) mass is 391 g/mol. The van der Waals surface area contributed by atoms with Gasteiger partial charge < -0.3 is 15.4 Å². The highest BCUT2D eigenvalue weighted by atomic mass is 16.3. The number of rotatable bonds is 4. The van der Waals surface area contributed by atoms with Crippen LogP contribution in [0, 0.1) is 26.7 Å². The molecular formula is C23H25N3O3. The number of nitrogens with zero attached hydrogens (tertiary/aromatic N) is 1. The molecule has 0 bridgehead atoms. The summed E-state index contributed by atoms with van der Waals surface area (Å²) in [6.45, 7) is 5.52. The molecule has 1 fully saturated rings. The SMILES string of the molecule is Cc1[nH]c(=O)c(C(=O)NC(c2cnc3ccccc3c2)C2CC(O)C2)c(C)c1C. The smallest absolute Gasteiger partial charge is 0.261 e. The van der Waals surface area contributed by atoms with Crippen molar-refractivity contribution >= 4 is 16.8 Å². The minimum absolute atomic E-state index is 0.0999. The predicted octanol–water partition coefficient (Wildman–Crippen LogP) is 3.09. The van der Waals surface area contributed by atoms with E-state index in [1.807, 2.05) is 44.2 Å². The first-order chi connectivity index (χ1) is 13.8. The van der Waals surface area contributed by atoms with Gasteiger partial charge in [-0.3, -0.25) is 14.6 Å². The zero-order valence-electron chi connectivity index (χ0n) is 16.8. The maximum absolute atomic E-state index is 13.1. The molecule has 1 saturated carbocycles. The molecule has 2 aromatic heterocycles. The Kier molecular flexibility index (Phi) is 4.96. The van der Waals surface area contributed by atoms with E-state index in [4.69, 9.17) is 0 Å². The van der Waals surface area contributed by atoms with Crippen LogP contribution in [0.1, 0.15) is 51.6 Å². The second-order valence-corrected chi connectivity index (χ2v) is 8.00. The molecule has 1 atom stereocenters. The van der Waals surface area contributed by atoms with Crippen molar-refractivity contribution in [3.63, 3.8) is 0 Å². The van der Waals surface area contributed by atoms with Gasteiger partial charge in [0.15, 0.2) is 0 Å². The van der Waals surface area contributed by atoms with E-state index in [-0.39, 0.29) is 29.2 Å². The summed E-state index contributed by atoms with van der Waals surface area (Å²) in [6.07, 6.45) is 2.65. The van der Waals surface area contributed by atoms with Crippen molar-refractivity contribution in [2.24, 2.45) is 5.92 Å². The summed E-state index contributed by atoms with van der Waals surface area (Å²) >= 11 is 0. The summed E-state index contributed by atoms with van der Waals surface area (Å²) in [4.78, 5) is 32.9. The number of para-hydroxylation sites is 1. The van der Waals surface area contributed by atoms with Crippen LogP contribution in [0.4, 0.5) is 0 Å². The molecule has 1 aliphatic carbocycles. The first-order valence-corrected chi connectivity index (χ1v) is 9.89. The predicted molar refractivity (Wildman–Crippen MR) is 112 cm³/mol. The molecule has 0 saturated heterocycles. The van der Waals surface area contributed by atoms with Gasteiger partial charge in [-0.25, -0.2) is 0 Å². The second-order valence-electron chi connectivity index (χ2n) is 8.00. The lowest BCUT2D eigenvalue weighted by Crippen LogP contribution is -2.43. The van der Waals surface area contributed by atoms with Crippen LogP contribution in [0.2, 0.25) is 0 Å². The van der Waals surface area contributed by atoms with Crippen molar-refractivity contribution in [1.29, 1.82) is 0 Å². The first kappa shape index (κ1) is 19.3. The summed E-state index contributed by atoms with van der Waals surface area (Å²) in [5.74, 6) is -0.297. The molecule has 1 unspecified atom stereocenters. The Morgan fingerprint density at radius 1 is 1.21 bits per heavy atom. The highest BCUT2D eigenvalue weighted by Crippen LogP contribution is 2.38. The van der Waals surface area contributed by atoms with E-state index >= 15 is 0 Å². The summed E-state index contributed by atoms with van der Waals surface area (Å²) in [7, 11) is 0. The van der Waals surface area contributed by atoms with Gasteiger partial charge in [0.05, 0.1) is 17.7 Å². The van der Waals surface area contributed by atoms with Gasteiger partial charge in [0.25, 0.3) is 11.5 Å². The van der Waals surface area contributed by atoms with E-state index in [0.717, 1.165) is 27.7 Å². The third-order valence-corrected chi connectivity index (χ3v) is 6.13. The lowest BCUT2D eigenvalue weighted by atomic mass is 9.75. The maximum Gasteiger partial charge on any atom is 0.261 e. The van der Waals surface area contributed by atoms with Crippen molar-refractivity contribution in [3.05, 3.63) is 74.8 Å². The van der Waals surface area contributed by atoms with Gasteiger partial charge in [-0.1, -0.05) is 18.2 Å². The normalized spacial score (nSPS) is 19.6. The molecular weight excluding hydrogens is 366 g/mol. The van der Waals surface area contributed by atoms with Crippen LogP contribution in [-0.2, 0) is 0 Å². The molecule has 1 aliphatic rings. The zero-order chi connectivity index (χ0) is 20.7. The Hall–Kier alpha value is -2.99. The summed E-state index contributed by atoms with van der Waals surface area (Å²) < 4.78 is 0. The molecule has 29 heavy (non-hydrogen) atoms. The number of aliphatic hydroxyl groups is 1. The third-order valence-electron chi connectivity index (χ3n) is 6.13. The fourth-order valence-corrected chi connectivity index (χ4v) is 4.09. The number of carbonyl (C=O) groups excluding carboxylic acids is 1. The largest absolute Gasteiger partial charge is 0.393 e. The molecule has 3 N–H and O–H groups in total. The lowest BCUT2D eigenvalue weighted by molar-refractivity contribution is 0.0234. The topological polar surface area (TPSA) is 95.1 Å². The highest BCUT2D eigenvalue weighted by molar-refractivity contribution is 5.96. The average Bonchev–Trinajstić information content (AvgIpc) is 2.68. The van der Waals surface area contributed by atoms with E-state index in [9.17, 15) is 14.7 Å². The third kappa shape index (κ3) is 3.56. The average molecular weight is 391 g/mol. The summed E-state index contributed by atoms with van der Waals surface area (Å²) in [6, 6.07) is 9.52. The van der Waals surface area contributed by atoms with Crippen molar-refractivity contribution < 1.29 is 9.90 Å². The highest BCUT2D eigenvalue weighted by Gasteiger charge is 2.36. The Morgan fingerprint density at radius 3 is 2.66 bits per heavy atom. The minimum Gasteiger partial charge on any atom is -0.393 e. The van der Waals surface area contributed by atoms with Crippen LogP contribution in [0.25, 0.3) is 10.9 Å². The number of H-pyrrole nitrogens is 1. The Labute approximate surface area is 169 Å². The van der Waals surface area contributed by atoms with Crippen LogP contribution in [0.3, 0.4) is 0 Å². The fraction of sp³-hybridized carbons (Fsp3) is 0.348. The number of benzene rings is 1. The van der Waals surface area contributed by atoms with Gasteiger partial charge in [-0.15, -0.1) is 0 Å². The van der Waals surface area contributed by atoms with Gasteiger partial charge in [0, 0.05) is 17.3 Å². The zero-order valence-corrected chi connectivity index (χ0v) is 16.8. The lowest BCUT2D eigenvalue weighted by Gasteiger charge is -2.38. The van der Waals surface area contributed by atoms with Gasteiger partial charge in [0.2, 0.25) is 0 Å². The standard InChI is InChI=1S/C23H25N3O3/c1-12-13(2)20(22(28)25-14(12)3)23(29)26-21(16-9-18(27)10-16)17-8-15-6-4-5-7-19(15)24-11-17/h4-8,11,16,18,21,27H,9-10H2,1-3H3,(H,25,28)(H,26,29). The summed E-state index contributed by atoms with van der Waals surface area (Å²) in [5.41, 5.74) is 3.88. The first-order valence-electron chi connectivity index (χ1n) is 9.89. The number of fused-ring (bicyclic) bond motifs is 1. The molecule has 1 aromatic carbocycles. The molecule has 0 aliphatic heterocycles. The molecule has 2 heterocycles. The van der Waals surface area contributed by atoms with E-state index in [1.165, 1.54) is 0 Å². The second kappa shape index (κ2) is 7.44. The van der Waals surface area contributed by atoms with Crippen LogP contribution in [0.15, 0.2) is 41.3 Å². The number of pyridine rings is 2. The van der Waals surface area contributed by atoms with Gasteiger partial charge >= 0.3 is 0 Å². The minimum atomic E-state index is -0.397. The number of aromatic amines is 1. The Morgan fingerprint density at radius 2 is 1.93 bits per heavy atom. The molecule has 150 valence electrons. The van der Waals surface area contributed by atoms with Crippen molar-refractivity contribution in [3.8, 4) is 0 Å². The molecule has 0 radical (unpaired) electrons. The number of aliphatic hydroxyl groups excluding tert-OH is 1. The van der Waals surface area contributed by atoms with Crippen LogP contribution >= 0.6 is 0 Å². The van der Waals surface area contributed by atoms with E-state index in [2.05, 4.69) is 15.3 Å². The number of carbonyl (C=O) groups is 1. The molecule has 6 nitrogen and oxygen atoms in total. The number of aryl methyl sites for hydroxylation is 1. The van der Waals surface area contributed by atoms with Crippen LogP contribution in [0.5, 0.6) is 0 Å². The van der Waals surface area contributed by atoms with E-state index in [0.29, 0.717) is 18.4 Å². The molecule has 6 heteroatoms. The maximum atomic E-state index is 13.1. The molecule has 4 rings (SSSR count). The van der Waals surface area contributed by atoms with Crippen LogP contribution in [-0.4, -0.2) is 27.1 Å². The Balaban J connectivity index is 1.70. The number of amides is 1. The quantitative estimate of drug-likeness (QED) is 0.637. The van der Waals surface area contributed by atoms with E-state index < -0.39 is 5.91 Å². The summed E-state index contributed by atoms with van der Waals surface area (Å²) in [5, 5.41) is 13.9. The molecule has 3 aromatic rings. The Bertz CT molecular complexity index is 1150. The van der Waals surface area contributed by atoms with Crippen molar-refractivity contribution in [1.82, 2.24) is 15.3 Å². The molecule has 0 spiro atoms. The number of hydrogen-bond acceptors (Lipinski definition) is 4. The van der Waals surface area contributed by atoms with Gasteiger partial charge in [-0.05, 0) is 68.4 Å². The van der Waals surface area contributed by atoms with E-state index in [1.54, 1.807) is 13.1 Å². The van der Waals surface area contributed by atoms with Crippen molar-refractivity contribution in [2.45, 2.75) is 45.8 Å². The molecule has 1 amide bonds. The van der Waals surface area contributed by atoms with Gasteiger partial charge in [0.1, 0.15) is 5.56 Å². The fourth-order valence-electron chi connectivity index (χ4n) is 4.09. The van der Waals surface area contributed by atoms with Gasteiger partial charge in [-0.2, -0.15) is 0 Å². The number of aromatic nitrogens is 2. The number of nitrogens with one attached hydrogen (secondary N) is 2. The van der Waals surface area contributed by atoms with Crippen LogP contribution < -0.4 is 10.9 Å². The van der Waals surface area contributed by atoms with Crippen molar-refractivity contribution in [2.75, 3.05) is 0 Å². The number of hydrogen-bond donors (Lipinski definition) is 3.